The summed E-state index contributed by atoms with van der Waals surface area (Å²) >= 11 is 0. The van der Waals surface area contributed by atoms with Gasteiger partial charge in [-0.05, 0) is 110 Å². The van der Waals surface area contributed by atoms with Gasteiger partial charge in [0.1, 0.15) is 0 Å². The number of benzene rings is 9. The molecule has 0 unspecified atom stereocenters. The molecule has 0 spiro atoms. The Kier molecular flexibility index (Phi) is 8.84. The molecule has 0 fully saturated rings. The van der Waals surface area contributed by atoms with E-state index in [1.807, 2.05) is 12.1 Å². The Balaban J connectivity index is 1.000. The summed E-state index contributed by atoms with van der Waals surface area (Å²) in [7, 11) is 0. The van der Waals surface area contributed by atoms with Gasteiger partial charge >= 0.3 is 0 Å². The lowest BCUT2D eigenvalue weighted by Gasteiger charge is -2.22. The molecule has 3 nitrogen and oxygen atoms in total. The van der Waals surface area contributed by atoms with Crippen LogP contribution in [0.25, 0.3) is 106 Å². The van der Waals surface area contributed by atoms with Crippen molar-refractivity contribution in [3.63, 3.8) is 0 Å². The summed E-state index contributed by atoms with van der Waals surface area (Å²) in [4.78, 5) is 10.5. The molecule has 0 saturated heterocycles. The summed E-state index contributed by atoms with van der Waals surface area (Å²) < 4.78 is 2.41. The summed E-state index contributed by atoms with van der Waals surface area (Å²) in [5, 5.41) is 2.41. The van der Waals surface area contributed by atoms with Crippen molar-refractivity contribution in [3.05, 3.63) is 236 Å². The number of aromatic nitrogens is 3. The van der Waals surface area contributed by atoms with Gasteiger partial charge in [0.15, 0.2) is 5.82 Å². The van der Waals surface area contributed by atoms with Gasteiger partial charge in [-0.3, -0.25) is 0 Å². The molecule has 1 aliphatic carbocycles. The number of hydrogen-bond acceptors (Lipinski definition) is 2. The minimum absolute atomic E-state index is 0.0511. The van der Waals surface area contributed by atoms with Gasteiger partial charge in [0.2, 0.25) is 0 Å². The highest BCUT2D eigenvalue weighted by Crippen LogP contribution is 2.49. The molecule has 0 atom stereocenters. The molecular weight excluding hydrogens is 775 g/mol. The van der Waals surface area contributed by atoms with Gasteiger partial charge in [0.05, 0.1) is 22.4 Å². The maximum atomic E-state index is 5.27. The monoisotopic (exact) mass is 817 g/mol. The molecule has 64 heavy (non-hydrogen) atoms. The van der Waals surface area contributed by atoms with Crippen LogP contribution in [-0.2, 0) is 5.41 Å². The quantitative estimate of drug-likeness (QED) is 0.160. The van der Waals surface area contributed by atoms with Crippen LogP contribution in [0, 0.1) is 0 Å². The first-order valence-electron chi connectivity index (χ1n) is 22.1. The van der Waals surface area contributed by atoms with Crippen molar-refractivity contribution in [2.75, 3.05) is 0 Å². The lowest BCUT2D eigenvalue weighted by atomic mass is 9.81. The van der Waals surface area contributed by atoms with Crippen molar-refractivity contribution < 1.29 is 0 Å². The van der Waals surface area contributed by atoms with Gasteiger partial charge in [-0.2, -0.15) is 0 Å². The fourth-order valence-corrected chi connectivity index (χ4v) is 9.95. The minimum atomic E-state index is -0.0511. The smallest absolute Gasteiger partial charge is 0.160 e. The molecular formula is C61H43N3. The Morgan fingerprint density at radius 1 is 0.328 bits per heavy atom. The molecule has 0 aliphatic heterocycles. The first kappa shape index (κ1) is 37.6. The van der Waals surface area contributed by atoms with Gasteiger partial charge in [-0.1, -0.05) is 184 Å². The van der Waals surface area contributed by atoms with Gasteiger partial charge in [-0.15, -0.1) is 0 Å². The third kappa shape index (κ3) is 6.36. The van der Waals surface area contributed by atoms with Crippen LogP contribution in [0.4, 0.5) is 0 Å². The Morgan fingerprint density at radius 2 is 0.844 bits per heavy atom. The van der Waals surface area contributed by atoms with Crippen LogP contribution in [0.2, 0.25) is 0 Å². The van der Waals surface area contributed by atoms with E-state index in [4.69, 9.17) is 9.97 Å². The van der Waals surface area contributed by atoms with Crippen molar-refractivity contribution >= 4 is 21.8 Å². The van der Waals surface area contributed by atoms with Gasteiger partial charge in [0, 0.05) is 38.6 Å². The highest BCUT2D eigenvalue weighted by Gasteiger charge is 2.35. The van der Waals surface area contributed by atoms with Crippen LogP contribution in [0.1, 0.15) is 25.0 Å². The molecule has 1 aliphatic rings. The summed E-state index contributed by atoms with van der Waals surface area (Å²) in [5.74, 6) is 0.679. The molecule has 3 heteroatoms. The van der Waals surface area contributed by atoms with Gasteiger partial charge < -0.3 is 4.57 Å². The highest BCUT2D eigenvalue weighted by atomic mass is 15.0. The summed E-state index contributed by atoms with van der Waals surface area (Å²) in [6, 6.07) is 80.9. The van der Waals surface area contributed by atoms with Crippen LogP contribution in [0.15, 0.2) is 224 Å². The number of fused-ring (bicyclic) bond motifs is 6. The molecule has 11 aromatic rings. The van der Waals surface area contributed by atoms with Crippen LogP contribution >= 0.6 is 0 Å². The average Bonchev–Trinajstić information content (AvgIpc) is 3.82. The van der Waals surface area contributed by atoms with E-state index in [2.05, 4.69) is 231 Å². The van der Waals surface area contributed by atoms with Crippen LogP contribution in [0.5, 0.6) is 0 Å². The summed E-state index contributed by atoms with van der Waals surface area (Å²) in [6.07, 6.45) is 0. The zero-order valence-electron chi connectivity index (χ0n) is 35.7. The molecule has 0 saturated carbocycles. The Labute approximate surface area is 373 Å². The maximum absolute atomic E-state index is 5.27. The normalized spacial score (nSPS) is 12.7. The van der Waals surface area contributed by atoms with Crippen LogP contribution in [0.3, 0.4) is 0 Å². The molecule has 2 heterocycles. The molecule has 9 aromatic carbocycles. The minimum Gasteiger partial charge on any atom is -0.309 e. The van der Waals surface area contributed by atoms with Crippen molar-refractivity contribution in [1.82, 2.24) is 14.5 Å². The zero-order chi connectivity index (χ0) is 42.8. The summed E-state index contributed by atoms with van der Waals surface area (Å²) in [5.41, 5.74) is 20.6. The van der Waals surface area contributed by atoms with E-state index in [-0.39, 0.29) is 5.41 Å². The van der Waals surface area contributed by atoms with Gasteiger partial charge in [0.25, 0.3) is 0 Å². The van der Waals surface area contributed by atoms with E-state index in [9.17, 15) is 0 Å². The third-order valence-corrected chi connectivity index (χ3v) is 13.2. The second-order valence-corrected chi connectivity index (χ2v) is 17.4. The van der Waals surface area contributed by atoms with Crippen molar-refractivity contribution in [1.29, 1.82) is 0 Å². The lowest BCUT2D eigenvalue weighted by molar-refractivity contribution is 0.660. The Hall–Kier alpha value is -8.14. The molecule has 0 bridgehead atoms. The standard InChI is InChI=1S/C61H43N3/c1-61(2)54-27-14-12-25-50(54)51-31-29-46(38-55(51)61)44-24-16-23-43(33-44)45-30-32-59-53(37-45)52-26-13-15-28-58(52)64(59)49-35-47(40-17-6-3-7-18-40)34-48(36-49)60-62-56(41-19-8-4-9-20-41)39-57(63-60)42-21-10-5-11-22-42/h3-39H,1-2H3. The van der Waals surface area contributed by atoms with E-state index in [1.165, 1.54) is 55.3 Å². The van der Waals surface area contributed by atoms with Crippen molar-refractivity contribution in [3.8, 4) is 84.1 Å². The maximum Gasteiger partial charge on any atom is 0.160 e. The SMILES string of the molecule is CC1(C)c2ccccc2-c2ccc(-c3cccc(-c4ccc5c(c4)c4ccccc4n5-c4cc(-c5ccccc5)cc(-c5nc(-c6ccccc6)cc(-c6ccccc6)n5)c4)c3)cc21. The largest absolute Gasteiger partial charge is 0.309 e. The molecule has 12 rings (SSSR count). The van der Waals surface area contributed by atoms with Crippen molar-refractivity contribution in [2.24, 2.45) is 0 Å². The Morgan fingerprint density at radius 3 is 1.56 bits per heavy atom. The number of para-hydroxylation sites is 1. The number of rotatable bonds is 7. The predicted molar refractivity (Wildman–Crippen MR) is 267 cm³/mol. The topological polar surface area (TPSA) is 30.7 Å². The van der Waals surface area contributed by atoms with E-state index in [0.29, 0.717) is 5.82 Å². The molecule has 2 aromatic heterocycles. The van der Waals surface area contributed by atoms with E-state index in [0.717, 1.165) is 55.9 Å². The van der Waals surface area contributed by atoms with Crippen LogP contribution < -0.4 is 0 Å². The second-order valence-electron chi connectivity index (χ2n) is 17.4. The van der Waals surface area contributed by atoms with E-state index < -0.39 is 0 Å². The fourth-order valence-electron chi connectivity index (χ4n) is 9.95. The molecule has 0 N–H and O–H groups in total. The lowest BCUT2D eigenvalue weighted by Crippen LogP contribution is -2.14. The molecule has 302 valence electrons. The first-order valence-corrected chi connectivity index (χ1v) is 22.1. The predicted octanol–water partition coefficient (Wildman–Crippen LogP) is 15.9. The second kappa shape index (κ2) is 15.0. The molecule has 0 amide bonds. The van der Waals surface area contributed by atoms with E-state index in [1.54, 1.807) is 0 Å². The van der Waals surface area contributed by atoms with Gasteiger partial charge in [-0.25, -0.2) is 9.97 Å². The summed E-state index contributed by atoms with van der Waals surface area (Å²) in [6.45, 7) is 4.70. The fraction of sp³-hybridized carbons (Fsp3) is 0.0492. The van der Waals surface area contributed by atoms with Crippen LogP contribution in [-0.4, -0.2) is 14.5 Å². The Bertz CT molecular complexity index is 3510. The zero-order valence-corrected chi connectivity index (χ0v) is 35.7. The highest BCUT2D eigenvalue weighted by molar-refractivity contribution is 6.10. The number of nitrogens with zero attached hydrogens (tertiary/aromatic N) is 3. The first-order chi connectivity index (χ1) is 31.5. The third-order valence-electron chi connectivity index (χ3n) is 13.2. The van der Waals surface area contributed by atoms with E-state index >= 15 is 0 Å². The number of hydrogen-bond donors (Lipinski definition) is 0. The average molecular weight is 818 g/mol. The molecule has 0 radical (unpaired) electrons. The van der Waals surface area contributed by atoms with Crippen molar-refractivity contribution in [2.45, 2.75) is 19.3 Å².